The van der Waals surface area contributed by atoms with E-state index in [0.717, 1.165) is 19.2 Å². The third kappa shape index (κ3) is 1.41. The maximum atomic E-state index is 11.2. The van der Waals surface area contributed by atoms with Crippen LogP contribution in [0.3, 0.4) is 0 Å². The quantitative estimate of drug-likeness (QED) is 0.646. The van der Waals surface area contributed by atoms with Crippen LogP contribution in [0.4, 0.5) is 0 Å². The van der Waals surface area contributed by atoms with E-state index in [9.17, 15) is 8.42 Å². The first-order chi connectivity index (χ1) is 6.09. The van der Waals surface area contributed by atoms with Crippen LogP contribution < -0.4 is 4.74 Å². The summed E-state index contributed by atoms with van der Waals surface area (Å²) in [5, 5.41) is 3.94. The summed E-state index contributed by atoms with van der Waals surface area (Å²) in [6, 6.07) is 0. The Morgan fingerprint density at radius 2 is 2.38 bits per heavy atom. The van der Waals surface area contributed by atoms with E-state index in [1.54, 1.807) is 4.68 Å². The fraction of sp³-hybridized carbons (Fsp3) is 0.571. The number of ether oxygens (including phenoxy) is 1. The molecule has 0 N–H and O–H groups in total. The van der Waals surface area contributed by atoms with Crippen molar-refractivity contribution in [2.75, 3.05) is 12.9 Å². The Morgan fingerprint density at radius 3 is 3.08 bits per heavy atom. The minimum atomic E-state index is -3.21. The van der Waals surface area contributed by atoms with Crippen molar-refractivity contribution in [2.24, 2.45) is 0 Å². The van der Waals surface area contributed by atoms with Gasteiger partial charge in [0.2, 0.25) is 5.88 Å². The second-order valence-electron chi connectivity index (χ2n) is 3.01. The summed E-state index contributed by atoms with van der Waals surface area (Å²) in [5.74, 6) is 0.383. The van der Waals surface area contributed by atoms with Crippen LogP contribution in [0.25, 0.3) is 0 Å². The first kappa shape index (κ1) is 8.55. The SMILES string of the molecule is CS(=O)(=O)c1cnn2c1OCCC2. The zero-order valence-electron chi connectivity index (χ0n) is 7.23. The Bertz CT molecular complexity index is 421. The summed E-state index contributed by atoms with van der Waals surface area (Å²) in [7, 11) is -3.21. The Morgan fingerprint density at radius 1 is 1.62 bits per heavy atom. The molecular formula is C7H10N2O3S. The third-order valence-corrected chi connectivity index (χ3v) is 2.99. The second kappa shape index (κ2) is 2.73. The summed E-state index contributed by atoms with van der Waals surface area (Å²) >= 11 is 0. The van der Waals surface area contributed by atoms with E-state index in [4.69, 9.17) is 4.74 Å². The van der Waals surface area contributed by atoms with Crippen LogP contribution in [0.5, 0.6) is 5.88 Å². The molecule has 0 saturated heterocycles. The molecule has 1 aromatic rings. The molecule has 2 rings (SSSR count). The Labute approximate surface area is 76.2 Å². The molecule has 0 amide bonds. The van der Waals surface area contributed by atoms with Gasteiger partial charge < -0.3 is 4.74 Å². The van der Waals surface area contributed by atoms with Gasteiger partial charge in [0.1, 0.15) is 4.90 Å². The average molecular weight is 202 g/mol. The van der Waals surface area contributed by atoms with Crippen molar-refractivity contribution in [3.05, 3.63) is 6.20 Å². The van der Waals surface area contributed by atoms with Crippen LogP contribution in [-0.2, 0) is 16.4 Å². The van der Waals surface area contributed by atoms with Crippen molar-refractivity contribution >= 4 is 9.84 Å². The highest BCUT2D eigenvalue weighted by Crippen LogP contribution is 2.25. The smallest absolute Gasteiger partial charge is 0.231 e. The van der Waals surface area contributed by atoms with E-state index in [-0.39, 0.29) is 4.90 Å². The van der Waals surface area contributed by atoms with Gasteiger partial charge in [0, 0.05) is 19.2 Å². The van der Waals surface area contributed by atoms with E-state index in [0.29, 0.717) is 12.5 Å². The Hall–Kier alpha value is -1.04. The van der Waals surface area contributed by atoms with Gasteiger partial charge in [-0.1, -0.05) is 0 Å². The molecule has 0 radical (unpaired) electrons. The molecule has 0 spiro atoms. The van der Waals surface area contributed by atoms with Crippen LogP contribution >= 0.6 is 0 Å². The highest BCUT2D eigenvalue weighted by molar-refractivity contribution is 7.90. The maximum absolute atomic E-state index is 11.2. The molecule has 1 aromatic heterocycles. The molecule has 2 heterocycles. The van der Waals surface area contributed by atoms with Crippen LogP contribution in [0, 0.1) is 0 Å². The maximum Gasteiger partial charge on any atom is 0.231 e. The number of sulfone groups is 1. The zero-order chi connectivity index (χ0) is 9.47. The molecule has 0 fully saturated rings. The molecule has 0 bridgehead atoms. The average Bonchev–Trinajstić information content (AvgIpc) is 2.45. The molecule has 5 nitrogen and oxygen atoms in total. The van der Waals surface area contributed by atoms with Gasteiger partial charge in [-0.15, -0.1) is 0 Å². The number of nitrogens with zero attached hydrogens (tertiary/aromatic N) is 2. The van der Waals surface area contributed by atoms with E-state index in [1.807, 2.05) is 0 Å². The minimum absolute atomic E-state index is 0.187. The largest absolute Gasteiger partial charge is 0.477 e. The van der Waals surface area contributed by atoms with Gasteiger partial charge in [-0.2, -0.15) is 5.10 Å². The summed E-state index contributed by atoms with van der Waals surface area (Å²) in [6.07, 6.45) is 3.37. The van der Waals surface area contributed by atoms with E-state index >= 15 is 0 Å². The van der Waals surface area contributed by atoms with Crippen molar-refractivity contribution in [1.82, 2.24) is 9.78 Å². The molecule has 0 saturated carbocycles. The van der Waals surface area contributed by atoms with E-state index < -0.39 is 9.84 Å². The lowest BCUT2D eigenvalue weighted by atomic mass is 10.4. The first-order valence-electron chi connectivity index (χ1n) is 3.98. The van der Waals surface area contributed by atoms with Gasteiger partial charge >= 0.3 is 0 Å². The molecule has 0 atom stereocenters. The van der Waals surface area contributed by atoms with Crippen molar-refractivity contribution in [2.45, 2.75) is 17.9 Å². The highest BCUT2D eigenvalue weighted by atomic mass is 32.2. The minimum Gasteiger partial charge on any atom is -0.477 e. The number of aryl methyl sites for hydroxylation is 1. The molecule has 0 unspecified atom stereocenters. The van der Waals surface area contributed by atoms with Crippen LogP contribution in [0.15, 0.2) is 11.1 Å². The monoisotopic (exact) mass is 202 g/mol. The summed E-state index contributed by atoms with van der Waals surface area (Å²) in [6.45, 7) is 1.29. The molecule has 1 aliphatic heterocycles. The Kier molecular flexibility index (Phi) is 1.80. The predicted octanol–water partition coefficient (Wildman–Crippen LogP) is 0.0691. The number of hydrogen-bond acceptors (Lipinski definition) is 4. The van der Waals surface area contributed by atoms with Gasteiger partial charge in [-0.3, -0.25) is 0 Å². The van der Waals surface area contributed by atoms with Crippen LogP contribution in [-0.4, -0.2) is 31.1 Å². The zero-order valence-corrected chi connectivity index (χ0v) is 8.04. The number of fused-ring (bicyclic) bond motifs is 1. The van der Waals surface area contributed by atoms with Gasteiger partial charge in [0.25, 0.3) is 0 Å². The summed E-state index contributed by atoms with van der Waals surface area (Å²) in [4.78, 5) is 0.187. The van der Waals surface area contributed by atoms with Crippen molar-refractivity contribution in [3.63, 3.8) is 0 Å². The molecule has 13 heavy (non-hydrogen) atoms. The fourth-order valence-electron chi connectivity index (χ4n) is 1.30. The van der Waals surface area contributed by atoms with Gasteiger partial charge in [-0.05, 0) is 0 Å². The van der Waals surface area contributed by atoms with Gasteiger partial charge in [-0.25, -0.2) is 13.1 Å². The number of rotatable bonds is 1. The molecule has 6 heteroatoms. The molecule has 0 aromatic carbocycles. The van der Waals surface area contributed by atoms with Crippen molar-refractivity contribution in [1.29, 1.82) is 0 Å². The normalized spacial score (nSPS) is 16.4. The molecule has 0 aliphatic carbocycles. The van der Waals surface area contributed by atoms with E-state index in [2.05, 4.69) is 5.10 Å². The van der Waals surface area contributed by atoms with Crippen molar-refractivity contribution < 1.29 is 13.2 Å². The Balaban J connectivity index is 2.55. The third-order valence-electron chi connectivity index (χ3n) is 1.91. The molecular weight excluding hydrogens is 192 g/mol. The standard InChI is InChI=1S/C7H10N2O3S/c1-13(10,11)6-5-8-9-3-2-4-12-7(6)9/h5H,2-4H2,1H3. The van der Waals surface area contributed by atoms with Crippen LogP contribution in [0.2, 0.25) is 0 Å². The van der Waals surface area contributed by atoms with Crippen LogP contribution in [0.1, 0.15) is 6.42 Å². The van der Waals surface area contributed by atoms with Crippen molar-refractivity contribution in [3.8, 4) is 5.88 Å². The topological polar surface area (TPSA) is 61.2 Å². The fourth-order valence-corrected chi connectivity index (χ4v) is 2.02. The van der Waals surface area contributed by atoms with Gasteiger partial charge in [0.15, 0.2) is 9.84 Å². The lowest BCUT2D eigenvalue weighted by molar-refractivity contribution is 0.224. The predicted molar refractivity (Wildman–Crippen MR) is 45.4 cm³/mol. The first-order valence-corrected chi connectivity index (χ1v) is 5.87. The number of aromatic nitrogens is 2. The second-order valence-corrected chi connectivity index (χ2v) is 5.00. The summed E-state index contributed by atoms with van der Waals surface area (Å²) in [5.41, 5.74) is 0. The highest BCUT2D eigenvalue weighted by Gasteiger charge is 2.22. The lowest BCUT2D eigenvalue weighted by Crippen LogP contribution is -2.16. The van der Waals surface area contributed by atoms with Gasteiger partial charge in [0.05, 0.1) is 12.8 Å². The summed E-state index contributed by atoms with van der Waals surface area (Å²) < 4.78 is 29.3. The molecule has 72 valence electrons. The molecule has 1 aliphatic rings. The number of hydrogen-bond donors (Lipinski definition) is 0. The lowest BCUT2D eigenvalue weighted by Gasteiger charge is -2.15. The van der Waals surface area contributed by atoms with E-state index in [1.165, 1.54) is 6.20 Å².